The molecule has 0 spiro atoms. The van der Waals surface area contributed by atoms with Crippen LogP contribution in [0.3, 0.4) is 0 Å². The minimum Gasteiger partial charge on any atom is -0.435 e. The van der Waals surface area contributed by atoms with Gasteiger partial charge in [0.15, 0.2) is 6.29 Å². The first-order valence-electron chi connectivity index (χ1n) is 3.58. The topological polar surface area (TPSA) is 72.6 Å². The Hall–Kier alpha value is -0.610. The molecule has 0 saturated heterocycles. The molecule has 0 saturated carbocycles. The molecule has 0 bridgehead atoms. The summed E-state index contributed by atoms with van der Waals surface area (Å²) < 4.78 is 4.50. The molecule has 66 valence electrons. The third kappa shape index (κ3) is 3.34. The van der Waals surface area contributed by atoms with Crippen LogP contribution in [-0.4, -0.2) is 22.9 Å². The minimum atomic E-state index is -1.09. The van der Waals surface area contributed by atoms with Crippen LogP contribution in [0.15, 0.2) is 0 Å². The maximum atomic E-state index is 11.0. The van der Waals surface area contributed by atoms with Gasteiger partial charge in [-0.2, -0.15) is 0 Å². The molecule has 4 nitrogen and oxygen atoms in total. The van der Waals surface area contributed by atoms with Crippen molar-refractivity contribution in [1.29, 1.82) is 0 Å². The van der Waals surface area contributed by atoms with Gasteiger partial charge in [0.1, 0.15) is 5.54 Å². The molecule has 0 aromatic heterocycles. The van der Waals surface area contributed by atoms with Crippen LogP contribution < -0.4 is 5.73 Å². The number of hydrogen-bond donors (Lipinski definition) is 2. The lowest BCUT2D eigenvalue weighted by Crippen LogP contribution is -2.46. The first-order chi connectivity index (χ1) is 4.90. The molecule has 2 unspecified atom stereocenters. The van der Waals surface area contributed by atoms with E-state index in [1.807, 2.05) is 0 Å². The largest absolute Gasteiger partial charge is 0.435 e. The summed E-state index contributed by atoms with van der Waals surface area (Å²) in [5.74, 6) is -0.574. The van der Waals surface area contributed by atoms with Gasteiger partial charge in [-0.05, 0) is 20.3 Å². The van der Waals surface area contributed by atoms with Crippen molar-refractivity contribution in [3.8, 4) is 0 Å². The van der Waals surface area contributed by atoms with Crippen molar-refractivity contribution < 1.29 is 14.6 Å². The zero-order chi connectivity index (χ0) is 9.07. The van der Waals surface area contributed by atoms with E-state index in [0.717, 1.165) is 0 Å². The molecule has 0 aliphatic rings. The summed E-state index contributed by atoms with van der Waals surface area (Å²) in [6.45, 7) is 4.71. The fraction of sp³-hybridized carbons (Fsp3) is 0.857. The molecule has 0 aliphatic heterocycles. The average Bonchev–Trinajstić information content (AvgIpc) is 1.86. The van der Waals surface area contributed by atoms with Crippen LogP contribution in [-0.2, 0) is 9.53 Å². The number of carbonyl (C=O) groups is 1. The zero-order valence-corrected chi connectivity index (χ0v) is 7.13. The zero-order valence-electron chi connectivity index (χ0n) is 7.13. The molecule has 0 fully saturated rings. The quantitative estimate of drug-likeness (QED) is 0.451. The molecule has 0 rings (SSSR count). The van der Waals surface area contributed by atoms with Gasteiger partial charge in [-0.25, -0.2) is 4.79 Å². The molecular weight excluding hydrogens is 146 g/mol. The van der Waals surface area contributed by atoms with E-state index in [0.29, 0.717) is 6.42 Å². The number of esters is 1. The van der Waals surface area contributed by atoms with Gasteiger partial charge in [0, 0.05) is 0 Å². The van der Waals surface area contributed by atoms with Gasteiger partial charge in [-0.3, -0.25) is 0 Å². The predicted octanol–water partition coefficient (Wildman–Crippen LogP) is -0.00470. The molecule has 4 heteroatoms. The third-order valence-corrected chi connectivity index (χ3v) is 1.48. The molecular formula is C7H15NO3. The average molecular weight is 161 g/mol. The Balaban J connectivity index is 4.02. The van der Waals surface area contributed by atoms with Crippen LogP contribution in [0.5, 0.6) is 0 Å². The van der Waals surface area contributed by atoms with Crippen molar-refractivity contribution >= 4 is 5.97 Å². The monoisotopic (exact) mass is 161 g/mol. The molecule has 0 aliphatic carbocycles. The van der Waals surface area contributed by atoms with E-state index in [2.05, 4.69) is 4.74 Å². The van der Waals surface area contributed by atoms with Gasteiger partial charge in [0.05, 0.1) is 0 Å². The highest BCUT2D eigenvalue weighted by atomic mass is 16.6. The van der Waals surface area contributed by atoms with Crippen LogP contribution in [0.25, 0.3) is 0 Å². The second-order valence-electron chi connectivity index (χ2n) is 2.78. The third-order valence-electron chi connectivity index (χ3n) is 1.48. The highest BCUT2D eigenvalue weighted by Gasteiger charge is 2.28. The van der Waals surface area contributed by atoms with Crippen LogP contribution in [0.1, 0.15) is 27.2 Å². The Kier molecular flexibility index (Phi) is 3.48. The number of rotatable bonds is 3. The van der Waals surface area contributed by atoms with Crippen molar-refractivity contribution in [2.24, 2.45) is 5.73 Å². The van der Waals surface area contributed by atoms with Gasteiger partial charge < -0.3 is 15.6 Å². The fourth-order valence-electron chi connectivity index (χ4n) is 0.434. The lowest BCUT2D eigenvalue weighted by Gasteiger charge is -2.21. The number of carbonyl (C=O) groups excluding carboxylic acids is 1. The predicted molar refractivity (Wildman–Crippen MR) is 40.7 cm³/mol. The van der Waals surface area contributed by atoms with Crippen molar-refractivity contribution in [2.75, 3.05) is 0 Å². The molecule has 11 heavy (non-hydrogen) atoms. The number of aliphatic hydroxyl groups is 1. The number of hydrogen-bond acceptors (Lipinski definition) is 4. The van der Waals surface area contributed by atoms with Crippen molar-refractivity contribution in [3.63, 3.8) is 0 Å². The van der Waals surface area contributed by atoms with Gasteiger partial charge in [0.2, 0.25) is 0 Å². The summed E-state index contributed by atoms with van der Waals surface area (Å²) >= 11 is 0. The van der Waals surface area contributed by atoms with Crippen molar-refractivity contribution in [1.82, 2.24) is 0 Å². The van der Waals surface area contributed by atoms with Crippen LogP contribution in [0.4, 0.5) is 0 Å². The second kappa shape index (κ2) is 3.69. The summed E-state index contributed by atoms with van der Waals surface area (Å²) in [5.41, 5.74) is 4.53. The lowest BCUT2D eigenvalue weighted by atomic mass is 10.0. The van der Waals surface area contributed by atoms with Crippen molar-refractivity contribution in [2.45, 2.75) is 39.0 Å². The smallest absolute Gasteiger partial charge is 0.328 e. The Bertz CT molecular complexity index is 143. The maximum absolute atomic E-state index is 11.0. The SMILES string of the molecule is CCC(C)(N)C(=O)OC(C)O. The summed E-state index contributed by atoms with van der Waals surface area (Å²) in [4.78, 5) is 11.0. The molecule has 0 amide bonds. The van der Waals surface area contributed by atoms with Crippen LogP contribution in [0.2, 0.25) is 0 Å². The van der Waals surface area contributed by atoms with Gasteiger partial charge in [0.25, 0.3) is 0 Å². The van der Waals surface area contributed by atoms with Gasteiger partial charge >= 0.3 is 5.97 Å². The Morgan fingerprint density at radius 3 is 2.55 bits per heavy atom. The summed E-state index contributed by atoms with van der Waals surface area (Å²) in [6.07, 6.45) is -0.602. The van der Waals surface area contributed by atoms with E-state index in [1.165, 1.54) is 6.92 Å². The molecule has 3 N–H and O–H groups in total. The summed E-state index contributed by atoms with van der Waals surface area (Å²) in [7, 11) is 0. The highest BCUT2D eigenvalue weighted by Crippen LogP contribution is 2.07. The van der Waals surface area contributed by atoms with Crippen LogP contribution in [0, 0.1) is 0 Å². The number of nitrogens with two attached hydrogens (primary N) is 1. The molecule has 0 heterocycles. The first kappa shape index (κ1) is 10.4. The Labute approximate surface area is 66.3 Å². The van der Waals surface area contributed by atoms with E-state index >= 15 is 0 Å². The molecule has 0 aromatic carbocycles. The first-order valence-corrected chi connectivity index (χ1v) is 3.58. The van der Waals surface area contributed by atoms with E-state index < -0.39 is 17.8 Å². The molecule has 2 atom stereocenters. The standard InChI is InChI=1S/C7H15NO3/c1-4-7(3,8)6(10)11-5(2)9/h5,9H,4,8H2,1-3H3. The maximum Gasteiger partial charge on any atom is 0.328 e. The van der Waals surface area contributed by atoms with E-state index in [1.54, 1.807) is 13.8 Å². The van der Waals surface area contributed by atoms with Crippen LogP contribution >= 0.6 is 0 Å². The normalized spacial score (nSPS) is 18.6. The highest BCUT2D eigenvalue weighted by molar-refractivity contribution is 5.79. The summed E-state index contributed by atoms with van der Waals surface area (Å²) in [6, 6.07) is 0. The van der Waals surface area contributed by atoms with Gasteiger partial charge in [-0.15, -0.1) is 0 Å². The Morgan fingerprint density at radius 1 is 1.82 bits per heavy atom. The summed E-state index contributed by atoms with van der Waals surface area (Å²) in [5, 5.41) is 8.68. The lowest BCUT2D eigenvalue weighted by molar-refractivity contribution is -0.170. The van der Waals surface area contributed by atoms with Crippen molar-refractivity contribution in [3.05, 3.63) is 0 Å². The van der Waals surface area contributed by atoms with Gasteiger partial charge in [-0.1, -0.05) is 6.92 Å². The fourth-order valence-corrected chi connectivity index (χ4v) is 0.434. The second-order valence-corrected chi connectivity index (χ2v) is 2.78. The number of aliphatic hydroxyl groups excluding tert-OH is 1. The van der Waals surface area contributed by atoms with E-state index in [9.17, 15) is 4.79 Å². The minimum absolute atomic E-state index is 0.485. The number of ether oxygens (including phenoxy) is 1. The van der Waals surface area contributed by atoms with E-state index in [4.69, 9.17) is 10.8 Å². The molecule has 0 aromatic rings. The van der Waals surface area contributed by atoms with E-state index in [-0.39, 0.29) is 0 Å². The molecule has 0 radical (unpaired) electrons. The Morgan fingerprint density at radius 2 is 2.27 bits per heavy atom.